The second-order valence-electron chi connectivity index (χ2n) is 10.5. The molecule has 0 radical (unpaired) electrons. The first kappa shape index (κ1) is 31.5. The average Bonchev–Trinajstić information content (AvgIpc) is 3.44. The molecular weight excluding hydrogens is 543 g/mol. The molecule has 14 heteroatoms. The number of nitriles is 1. The number of urea groups is 1. The topological polar surface area (TPSA) is 144 Å². The molecule has 11 nitrogen and oxygen atoms in total. The van der Waals surface area contributed by atoms with Gasteiger partial charge in [-0.15, -0.1) is 5.10 Å². The number of amides is 4. The van der Waals surface area contributed by atoms with Gasteiger partial charge in [0.1, 0.15) is 5.54 Å². The third-order valence-electron chi connectivity index (χ3n) is 7.08. The Morgan fingerprint density at radius 3 is 2.44 bits per heavy atom. The maximum atomic E-state index is 13.4. The second-order valence-corrected chi connectivity index (χ2v) is 10.5. The van der Waals surface area contributed by atoms with Crippen LogP contribution in [0.15, 0.2) is 24.4 Å². The molecule has 1 aliphatic rings. The number of halogens is 3. The van der Waals surface area contributed by atoms with Crippen molar-refractivity contribution >= 4 is 23.5 Å². The molecule has 0 unspecified atom stereocenters. The zero-order valence-electron chi connectivity index (χ0n) is 23.1. The predicted octanol–water partition coefficient (Wildman–Crippen LogP) is 4.58. The van der Waals surface area contributed by atoms with Gasteiger partial charge in [0.25, 0.3) is 5.91 Å². The zero-order valence-corrected chi connectivity index (χ0v) is 23.1. The van der Waals surface area contributed by atoms with Crippen molar-refractivity contribution in [2.75, 3.05) is 11.4 Å². The predicted molar refractivity (Wildman–Crippen MR) is 140 cm³/mol. The highest BCUT2D eigenvalue weighted by Crippen LogP contribution is 2.37. The van der Waals surface area contributed by atoms with E-state index in [1.807, 2.05) is 6.20 Å². The SMILES string of the molecule is CC1(C)C(=O)N(c2ccc(C#N)c(C(F)(F)F)c2)C(=O)N1CCCCc1cn(CCCCCCCC(=O)NO)nn1. The number of nitrogens with one attached hydrogen (secondary N) is 1. The molecule has 0 spiro atoms. The van der Waals surface area contributed by atoms with Gasteiger partial charge >= 0.3 is 12.2 Å². The van der Waals surface area contributed by atoms with E-state index in [2.05, 4.69) is 10.3 Å². The highest BCUT2D eigenvalue weighted by Gasteiger charge is 2.51. The van der Waals surface area contributed by atoms with Crippen molar-refractivity contribution in [3.05, 3.63) is 41.2 Å². The van der Waals surface area contributed by atoms with Gasteiger partial charge in [0.05, 0.1) is 28.6 Å². The Hall–Kier alpha value is -3.99. The van der Waals surface area contributed by atoms with Crippen molar-refractivity contribution in [1.29, 1.82) is 5.26 Å². The fraction of sp³-hybridized carbons (Fsp3) is 0.556. The fourth-order valence-corrected chi connectivity index (χ4v) is 4.73. The number of hydrogen-bond acceptors (Lipinski definition) is 7. The minimum Gasteiger partial charge on any atom is -0.310 e. The van der Waals surface area contributed by atoms with Crippen LogP contribution < -0.4 is 10.4 Å². The maximum Gasteiger partial charge on any atom is 0.417 e. The highest BCUT2D eigenvalue weighted by molar-refractivity contribution is 6.23. The van der Waals surface area contributed by atoms with Crippen molar-refractivity contribution in [1.82, 2.24) is 25.4 Å². The number of aromatic nitrogens is 3. The quantitative estimate of drug-likeness (QED) is 0.145. The molecule has 41 heavy (non-hydrogen) atoms. The van der Waals surface area contributed by atoms with Crippen LogP contribution in [0.4, 0.5) is 23.7 Å². The third kappa shape index (κ3) is 7.81. The van der Waals surface area contributed by atoms with Crippen LogP contribution in [-0.4, -0.2) is 55.0 Å². The summed E-state index contributed by atoms with van der Waals surface area (Å²) in [6, 6.07) is 3.58. The molecule has 0 saturated carbocycles. The van der Waals surface area contributed by atoms with Gasteiger partial charge in [-0.1, -0.05) is 24.5 Å². The van der Waals surface area contributed by atoms with Gasteiger partial charge in [0, 0.05) is 25.7 Å². The number of rotatable bonds is 14. The molecule has 0 bridgehead atoms. The van der Waals surface area contributed by atoms with Gasteiger partial charge in [-0.25, -0.2) is 15.2 Å². The molecule has 3 rings (SSSR count). The second kappa shape index (κ2) is 13.6. The molecule has 2 aromatic rings. The minimum atomic E-state index is -4.81. The van der Waals surface area contributed by atoms with Gasteiger partial charge in [0.15, 0.2) is 0 Å². The summed E-state index contributed by atoms with van der Waals surface area (Å²) < 4.78 is 42.1. The molecule has 1 fully saturated rings. The number of anilines is 1. The van der Waals surface area contributed by atoms with Crippen molar-refractivity contribution in [2.24, 2.45) is 0 Å². The zero-order chi connectivity index (χ0) is 30.2. The number of alkyl halides is 3. The Kier molecular flexibility index (Phi) is 10.4. The number of hydrogen-bond donors (Lipinski definition) is 2. The van der Waals surface area contributed by atoms with Gasteiger partial charge in [-0.05, 0) is 64.2 Å². The van der Waals surface area contributed by atoms with Gasteiger partial charge in [-0.2, -0.15) is 18.4 Å². The third-order valence-corrected chi connectivity index (χ3v) is 7.08. The molecule has 1 saturated heterocycles. The number of imide groups is 1. The minimum absolute atomic E-state index is 0.227. The molecule has 0 atom stereocenters. The summed E-state index contributed by atoms with van der Waals surface area (Å²) in [7, 11) is 0. The van der Waals surface area contributed by atoms with E-state index in [1.54, 1.807) is 24.0 Å². The lowest BCUT2D eigenvalue weighted by Gasteiger charge is -2.27. The number of aryl methyl sites for hydroxylation is 2. The van der Waals surface area contributed by atoms with Crippen LogP contribution in [0.25, 0.3) is 0 Å². The summed E-state index contributed by atoms with van der Waals surface area (Å²) in [6.07, 6.45) is 3.65. The summed E-state index contributed by atoms with van der Waals surface area (Å²) >= 11 is 0. The number of unbranched alkanes of at least 4 members (excludes halogenated alkanes) is 5. The van der Waals surface area contributed by atoms with E-state index in [9.17, 15) is 27.6 Å². The summed E-state index contributed by atoms with van der Waals surface area (Å²) in [5.41, 5.74) is -0.860. The summed E-state index contributed by atoms with van der Waals surface area (Å²) in [4.78, 5) is 39.3. The fourth-order valence-electron chi connectivity index (χ4n) is 4.73. The lowest BCUT2D eigenvalue weighted by Crippen LogP contribution is -2.44. The van der Waals surface area contributed by atoms with Crippen LogP contribution in [0.2, 0.25) is 0 Å². The van der Waals surface area contributed by atoms with Gasteiger partial charge in [-0.3, -0.25) is 19.5 Å². The molecule has 1 aromatic carbocycles. The number of benzene rings is 1. The Balaban J connectivity index is 1.48. The smallest absolute Gasteiger partial charge is 0.310 e. The lowest BCUT2D eigenvalue weighted by atomic mass is 10.0. The highest BCUT2D eigenvalue weighted by atomic mass is 19.4. The van der Waals surface area contributed by atoms with Gasteiger partial charge < -0.3 is 4.90 Å². The summed E-state index contributed by atoms with van der Waals surface area (Å²) in [5.74, 6) is -1.02. The summed E-state index contributed by atoms with van der Waals surface area (Å²) in [5, 5.41) is 25.8. The number of hydroxylamine groups is 1. The van der Waals surface area contributed by atoms with E-state index in [4.69, 9.17) is 10.5 Å². The number of nitrogens with zero attached hydrogens (tertiary/aromatic N) is 6. The van der Waals surface area contributed by atoms with Crippen LogP contribution >= 0.6 is 0 Å². The van der Waals surface area contributed by atoms with Crippen molar-refractivity contribution in [3.63, 3.8) is 0 Å². The Bertz CT molecular complexity index is 1290. The Labute approximate surface area is 235 Å². The van der Waals surface area contributed by atoms with E-state index >= 15 is 0 Å². The molecule has 4 amide bonds. The van der Waals surface area contributed by atoms with Crippen LogP contribution in [0, 0.1) is 11.3 Å². The Morgan fingerprint density at radius 2 is 1.76 bits per heavy atom. The molecule has 1 aliphatic heterocycles. The molecule has 2 N–H and O–H groups in total. The standard InChI is InChI=1S/C27H34F3N7O4/c1-26(2)24(39)37(21-13-12-19(17-31)22(16-21)27(28,29)30)25(40)36(26)15-9-7-10-20-18-35(34-32-20)14-8-5-3-4-6-11-23(38)33-41/h12-13,16,18,41H,3-11,14-15H2,1-2H3,(H,33,38). The van der Waals surface area contributed by atoms with Crippen LogP contribution in [-0.2, 0) is 28.7 Å². The molecule has 0 aliphatic carbocycles. The molecule has 2 heterocycles. The Morgan fingerprint density at radius 1 is 1.07 bits per heavy atom. The van der Waals surface area contributed by atoms with E-state index < -0.39 is 34.8 Å². The monoisotopic (exact) mass is 577 g/mol. The first-order valence-electron chi connectivity index (χ1n) is 13.5. The van der Waals surface area contributed by atoms with Crippen LogP contribution in [0.3, 0.4) is 0 Å². The molecule has 1 aromatic heterocycles. The molecule has 222 valence electrons. The van der Waals surface area contributed by atoms with Crippen LogP contribution in [0.5, 0.6) is 0 Å². The van der Waals surface area contributed by atoms with Crippen LogP contribution in [0.1, 0.15) is 82.0 Å². The first-order valence-corrected chi connectivity index (χ1v) is 13.5. The van der Waals surface area contributed by atoms with E-state index in [-0.39, 0.29) is 18.1 Å². The van der Waals surface area contributed by atoms with E-state index in [1.165, 1.54) is 17.0 Å². The first-order chi connectivity index (χ1) is 19.4. The lowest BCUT2D eigenvalue weighted by molar-refractivity contribution is -0.137. The average molecular weight is 578 g/mol. The largest absolute Gasteiger partial charge is 0.417 e. The normalized spacial score (nSPS) is 15.0. The van der Waals surface area contributed by atoms with E-state index in [0.29, 0.717) is 38.3 Å². The number of carbonyl (C=O) groups is 3. The van der Waals surface area contributed by atoms with E-state index in [0.717, 1.165) is 48.8 Å². The maximum absolute atomic E-state index is 13.4. The molecular formula is C27H34F3N7O4. The van der Waals surface area contributed by atoms with Crippen molar-refractivity contribution < 1.29 is 32.8 Å². The van der Waals surface area contributed by atoms with Crippen molar-refractivity contribution in [3.8, 4) is 6.07 Å². The van der Waals surface area contributed by atoms with Gasteiger partial charge in [0.2, 0.25) is 5.91 Å². The summed E-state index contributed by atoms with van der Waals surface area (Å²) in [6.45, 7) is 4.05. The number of carbonyl (C=O) groups excluding carboxylic acids is 3. The van der Waals surface area contributed by atoms with Crippen molar-refractivity contribution in [2.45, 2.75) is 89.9 Å².